The summed E-state index contributed by atoms with van der Waals surface area (Å²) in [5.74, 6) is 2.02. The molecule has 0 amide bonds. The van der Waals surface area contributed by atoms with Gasteiger partial charge in [-0.25, -0.2) is 4.98 Å². The molecule has 1 aromatic heterocycles. The van der Waals surface area contributed by atoms with Crippen molar-refractivity contribution in [2.75, 3.05) is 24.3 Å². The van der Waals surface area contributed by atoms with Gasteiger partial charge in [0.25, 0.3) is 0 Å². The van der Waals surface area contributed by atoms with Crippen LogP contribution in [0.25, 0.3) is 0 Å². The van der Waals surface area contributed by atoms with Gasteiger partial charge < -0.3 is 15.4 Å². The molecule has 2 aromatic carbocycles. The summed E-state index contributed by atoms with van der Waals surface area (Å²) in [6.07, 6.45) is 2.60. The first kappa shape index (κ1) is 17.0. The Kier molecular flexibility index (Phi) is 5.69. The lowest BCUT2D eigenvalue weighted by atomic mass is 10.1. The summed E-state index contributed by atoms with van der Waals surface area (Å²) in [5.41, 5.74) is 2.04. The minimum absolute atomic E-state index is 0.515. The first-order chi connectivity index (χ1) is 12.2. The summed E-state index contributed by atoms with van der Waals surface area (Å²) < 4.78 is 5.33. The van der Waals surface area contributed by atoms with E-state index < -0.39 is 0 Å². The van der Waals surface area contributed by atoms with Gasteiger partial charge in [-0.1, -0.05) is 35.9 Å². The zero-order valence-corrected chi connectivity index (χ0v) is 14.6. The van der Waals surface area contributed by atoms with Crippen LogP contribution in [0.1, 0.15) is 5.56 Å². The lowest BCUT2D eigenvalue weighted by Gasteiger charge is -2.11. The fraction of sp³-hybridized carbons (Fsp3) is 0.158. The number of methoxy groups -OCH3 is 1. The second-order valence-electron chi connectivity index (χ2n) is 5.39. The number of rotatable bonds is 7. The highest BCUT2D eigenvalue weighted by Gasteiger charge is 2.04. The summed E-state index contributed by atoms with van der Waals surface area (Å²) in [6.45, 7) is 0.771. The van der Waals surface area contributed by atoms with Gasteiger partial charge in [0.1, 0.15) is 11.6 Å². The maximum atomic E-state index is 5.90. The van der Waals surface area contributed by atoms with Crippen LogP contribution in [-0.2, 0) is 6.42 Å². The van der Waals surface area contributed by atoms with Crippen molar-refractivity contribution in [3.63, 3.8) is 0 Å². The number of hydrogen-bond acceptors (Lipinski definition) is 5. The highest BCUT2D eigenvalue weighted by Crippen LogP contribution is 2.25. The lowest BCUT2D eigenvalue weighted by Crippen LogP contribution is -2.08. The van der Waals surface area contributed by atoms with Gasteiger partial charge in [-0.05, 0) is 42.3 Å². The highest BCUT2D eigenvalue weighted by molar-refractivity contribution is 6.30. The number of nitrogens with one attached hydrogen (secondary N) is 2. The monoisotopic (exact) mass is 354 g/mol. The van der Waals surface area contributed by atoms with Crippen molar-refractivity contribution in [3.05, 3.63) is 71.4 Å². The third-order valence-electron chi connectivity index (χ3n) is 3.64. The zero-order valence-electron chi connectivity index (χ0n) is 13.9. The SMILES string of the molecule is COc1ccccc1Nc1nccc(NCCc2ccc(Cl)cc2)n1. The number of halogens is 1. The van der Waals surface area contributed by atoms with E-state index in [2.05, 4.69) is 20.6 Å². The molecular formula is C19H19ClN4O. The molecule has 0 atom stereocenters. The summed E-state index contributed by atoms with van der Waals surface area (Å²) in [6, 6.07) is 17.3. The number of benzene rings is 2. The molecule has 25 heavy (non-hydrogen) atoms. The molecule has 128 valence electrons. The number of ether oxygens (including phenoxy) is 1. The molecule has 2 N–H and O–H groups in total. The summed E-state index contributed by atoms with van der Waals surface area (Å²) in [5, 5.41) is 7.23. The van der Waals surface area contributed by atoms with Crippen LogP contribution < -0.4 is 15.4 Å². The molecule has 3 rings (SSSR count). The van der Waals surface area contributed by atoms with E-state index in [-0.39, 0.29) is 0 Å². The van der Waals surface area contributed by atoms with E-state index in [4.69, 9.17) is 16.3 Å². The Hall–Kier alpha value is -2.79. The Morgan fingerprint density at radius 2 is 1.84 bits per heavy atom. The van der Waals surface area contributed by atoms with Crippen LogP contribution in [0.4, 0.5) is 17.5 Å². The van der Waals surface area contributed by atoms with Gasteiger partial charge in [-0.15, -0.1) is 0 Å². The zero-order chi connectivity index (χ0) is 17.5. The van der Waals surface area contributed by atoms with Gasteiger partial charge in [-0.2, -0.15) is 4.98 Å². The Morgan fingerprint density at radius 1 is 1.04 bits per heavy atom. The lowest BCUT2D eigenvalue weighted by molar-refractivity contribution is 0.417. The fourth-order valence-corrected chi connectivity index (χ4v) is 2.50. The summed E-state index contributed by atoms with van der Waals surface area (Å²) in [7, 11) is 1.64. The third-order valence-corrected chi connectivity index (χ3v) is 3.89. The minimum atomic E-state index is 0.515. The predicted octanol–water partition coefficient (Wildman–Crippen LogP) is 4.54. The normalized spacial score (nSPS) is 10.3. The van der Waals surface area contributed by atoms with Crippen molar-refractivity contribution in [1.82, 2.24) is 9.97 Å². The van der Waals surface area contributed by atoms with Crippen molar-refractivity contribution < 1.29 is 4.74 Å². The molecule has 5 nitrogen and oxygen atoms in total. The molecule has 0 unspecified atom stereocenters. The Bertz CT molecular complexity index is 824. The average Bonchev–Trinajstić information content (AvgIpc) is 2.64. The van der Waals surface area contributed by atoms with Crippen molar-refractivity contribution in [3.8, 4) is 5.75 Å². The largest absolute Gasteiger partial charge is 0.495 e. The second kappa shape index (κ2) is 8.35. The topological polar surface area (TPSA) is 59.1 Å². The van der Waals surface area contributed by atoms with Crippen molar-refractivity contribution in [2.24, 2.45) is 0 Å². The Morgan fingerprint density at radius 3 is 2.64 bits per heavy atom. The van der Waals surface area contributed by atoms with Crippen LogP contribution in [-0.4, -0.2) is 23.6 Å². The maximum absolute atomic E-state index is 5.90. The van der Waals surface area contributed by atoms with Crippen LogP contribution in [0, 0.1) is 0 Å². The van der Waals surface area contributed by atoms with E-state index in [0.717, 1.165) is 35.2 Å². The quantitative estimate of drug-likeness (QED) is 0.652. The van der Waals surface area contributed by atoms with Crippen LogP contribution in [0.3, 0.4) is 0 Å². The van der Waals surface area contributed by atoms with E-state index in [1.807, 2.05) is 54.6 Å². The molecule has 1 heterocycles. The van der Waals surface area contributed by atoms with Crippen LogP contribution >= 0.6 is 11.6 Å². The number of hydrogen-bond donors (Lipinski definition) is 2. The number of anilines is 3. The third kappa shape index (κ3) is 4.84. The van der Waals surface area contributed by atoms with Crippen LogP contribution in [0.2, 0.25) is 5.02 Å². The summed E-state index contributed by atoms with van der Waals surface area (Å²) in [4.78, 5) is 8.73. The molecule has 0 aliphatic rings. The predicted molar refractivity (Wildman–Crippen MR) is 102 cm³/mol. The van der Waals surface area contributed by atoms with E-state index in [1.165, 1.54) is 5.56 Å². The van der Waals surface area contributed by atoms with Gasteiger partial charge in [0.15, 0.2) is 0 Å². The molecule has 6 heteroatoms. The molecule has 0 radical (unpaired) electrons. The maximum Gasteiger partial charge on any atom is 0.229 e. The minimum Gasteiger partial charge on any atom is -0.495 e. The average molecular weight is 355 g/mol. The highest BCUT2D eigenvalue weighted by atomic mass is 35.5. The first-order valence-corrected chi connectivity index (χ1v) is 8.34. The smallest absolute Gasteiger partial charge is 0.229 e. The van der Waals surface area contributed by atoms with Crippen LogP contribution in [0.15, 0.2) is 60.8 Å². The van der Waals surface area contributed by atoms with Crippen molar-refractivity contribution in [2.45, 2.75) is 6.42 Å². The number of nitrogens with zero attached hydrogens (tertiary/aromatic N) is 2. The van der Waals surface area contributed by atoms with E-state index in [9.17, 15) is 0 Å². The molecule has 0 saturated heterocycles. The second-order valence-corrected chi connectivity index (χ2v) is 5.83. The summed E-state index contributed by atoms with van der Waals surface area (Å²) >= 11 is 5.90. The fourth-order valence-electron chi connectivity index (χ4n) is 2.37. The van der Waals surface area contributed by atoms with Crippen molar-refractivity contribution in [1.29, 1.82) is 0 Å². The molecule has 3 aromatic rings. The van der Waals surface area contributed by atoms with Gasteiger partial charge >= 0.3 is 0 Å². The van der Waals surface area contributed by atoms with Gasteiger partial charge in [0.2, 0.25) is 5.95 Å². The van der Waals surface area contributed by atoms with E-state index in [0.29, 0.717) is 5.95 Å². The molecular weight excluding hydrogens is 336 g/mol. The molecule has 0 aliphatic carbocycles. The molecule has 0 aliphatic heterocycles. The number of para-hydroxylation sites is 2. The number of aromatic nitrogens is 2. The Balaban J connectivity index is 1.60. The van der Waals surface area contributed by atoms with Gasteiger partial charge in [0, 0.05) is 17.8 Å². The molecule has 0 spiro atoms. The van der Waals surface area contributed by atoms with Crippen molar-refractivity contribution >= 4 is 29.1 Å². The van der Waals surface area contributed by atoms with Gasteiger partial charge in [-0.3, -0.25) is 0 Å². The molecule has 0 bridgehead atoms. The standard InChI is InChI=1S/C19H19ClN4O/c1-25-17-5-3-2-4-16(17)23-19-22-13-11-18(24-19)21-12-10-14-6-8-15(20)9-7-14/h2-9,11,13H,10,12H2,1H3,(H2,21,22,23,24). The molecule has 0 fully saturated rings. The molecule has 0 saturated carbocycles. The van der Waals surface area contributed by atoms with E-state index in [1.54, 1.807) is 13.3 Å². The van der Waals surface area contributed by atoms with E-state index >= 15 is 0 Å². The first-order valence-electron chi connectivity index (χ1n) is 7.96. The van der Waals surface area contributed by atoms with Gasteiger partial charge in [0.05, 0.1) is 12.8 Å². The Labute approximate surface area is 152 Å². The van der Waals surface area contributed by atoms with Crippen LogP contribution in [0.5, 0.6) is 5.75 Å².